The molecule has 0 N–H and O–H groups in total. The van der Waals surface area contributed by atoms with Gasteiger partial charge in [-0.3, -0.25) is 4.57 Å². The van der Waals surface area contributed by atoms with Gasteiger partial charge in [0.15, 0.2) is 8.07 Å². The summed E-state index contributed by atoms with van der Waals surface area (Å²) in [4.78, 5) is 4.90. The van der Waals surface area contributed by atoms with Crippen molar-refractivity contribution >= 4 is 61.7 Å². The molecule has 0 aliphatic rings. The molecule has 0 radical (unpaired) electrons. The molecule has 0 aliphatic heterocycles. The fourth-order valence-electron chi connectivity index (χ4n) is 12.3. The summed E-state index contributed by atoms with van der Waals surface area (Å²) in [6, 6.07) is 40.1. The Labute approximate surface area is 588 Å². The minimum Gasteiger partial charge on any atom is -0.510 e. The quantitative estimate of drug-likeness (QED) is 0.0560. The van der Waals surface area contributed by atoms with Crippen LogP contribution in [0.2, 0.25) is 0 Å². The normalized spacial score (nSPS) is 14.8. The number of ether oxygens (including phenoxy) is 1. The third kappa shape index (κ3) is 12.2. The van der Waals surface area contributed by atoms with Crippen molar-refractivity contribution in [1.29, 1.82) is 0 Å². The molecule has 3 heterocycles. The maximum Gasteiger partial charge on any atom is 0.268 e. The summed E-state index contributed by atoms with van der Waals surface area (Å²) >= 11 is 0. The molecule has 0 amide bonds. The first kappa shape index (κ1) is 48.1. The van der Waals surface area contributed by atoms with E-state index >= 15 is 0 Å². The van der Waals surface area contributed by atoms with Gasteiger partial charge >= 0.3 is 0 Å². The van der Waals surface area contributed by atoms with E-state index in [4.69, 9.17) is 13.8 Å². The Kier molecular flexibility index (Phi) is 12.6. The van der Waals surface area contributed by atoms with Crippen LogP contribution in [0.4, 0.5) is 0 Å². The molecule has 0 saturated carbocycles. The number of hydrogen-bond acceptors (Lipinski definition) is 2. The standard InChI is InChI=1S/C86H84N4OSi.Pt/c1-82(2,3)60-45-46-87-80(53-60)90-76-40-26-25-37-74(76)75-43-41-67(55-78(75)90)91-66-30-27-29-65(54-66)88-57-89(77-44-42-71(56-79(77)88)92(68-31-19-16-20-32-68,69-33-21-17-22-34-69)70-35-23-18-24-36-70)81-72(58-47-61(83(4,5)6)51-62(48-58)84(7,8)9)38-28-39-73(81)59-49-63(85(10,11)12)52-64(50-59)86(13,14)15;/h16-53,56H,1-15H3;/q-2;/i16D,17D,18D,19D,20D,21D,22D,23D,24D,31D,32D,33D,34D,35D,36D;. The Hall–Kier alpha value is -8.67. The van der Waals surface area contributed by atoms with Gasteiger partial charge in [0.25, 0.3) is 6.33 Å². The van der Waals surface area contributed by atoms with Crippen LogP contribution in [0.3, 0.4) is 0 Å². The van der Waals surface area contributed by atoms with Gasteiger partial charge in [0.1, 0.15) is 5.82 Å². The zero-order valence-corrected chi connectivity index (χ0v) is 58.6. The Morgan fingerprint density at radius 3 is 1.45 bits per heavy atom. The van der Waals surface area contributed by atoms with Crippen LogP contribution in [0.25, 0.3) is 72.3 Å². The minimum absolute atomic E-state index is 0. The fourth-order valence-corrected chi connectivity index (χ4v) is 16.1. The van der Waals surface area contributed by atoms with Crippen LogP contribution in [-0.4, -0.2) is 22.2 Å². The summed E-state index contributed by atoms with van der Waals surface area (Å²) in [7, 11) is -5.68. The molecular weight excluding hydrogens is 1330 g/mol. The van der Waals surface area contributed by atoms with Gasteiger partial charge in [-0.2, -0.15) is 18.2 Å². The predicted molar refractivity (Wildman–Crippen MR) is 388 cm³/mol. The summed E-state index contributed by atoms with van der Waals surface area (Å²) in [5.41, 5.74) is 10.7. The Morgan fingerprint density at radius 2 is 0.935 bits per heavy atom. The topological polar surface area (TPSA) is 35.9 Å². The predicted octanol–water partition coefficient (Wildman–Crippen LogP) is 18.8. The second-order valence-corrected chi connectivity index (χ2v) is 32.7. The van der Waals surface area contributed by atoms with Crippen LogP contribution in [0, 0.1) is 18.5 Å². The monoisotopic (exact) mass is 1430 g/mol. The largest absolute Gasteiger partial charge is 0.510 e. The number of imidazole rings is 1. The van der Waals surface area contributed by atoms with E-state index in [9.17, 15) is 16.4 Å². The van der Waals surface area contributed by atoms with Crippen molar-refractivity contribution in [2.75, 3.05) is 0 Å². The van der Waals surface area contributed by atoms with Gasteiger partial charge in [-0.1, -0.05) is 291 Å². The van der Waals surface area contributed by atoms with Gasteiger partial charge in [0.2, 0.25) is 0 Å². The van der Waals surface area contributed by atoms with Gasteiger partial charge in [0.05, 0.1) is 37.3 Å². The summed E-state index contributed by atoms with van der Waals surface area (Å²) < 4.78 is 155. The SMILES string of the molecule is [2H]c1c([2H])c([2H])c([Si](c2ccc3c(c2)n(-c2[c-]c(Oc4[c-]c5c(cc4)c4ccccc4n5-c4cc(C(C)(C)C)ccn4)ccc2)[c-][n+]3-c2c(-c3cc(C(C)(C)C)cc(C(C)(C)C)c3)cccc2-c2cc(C(C)(C)C)cc(C(C)(C)C)c2)(c2c([2H])c([2H])c([2H])c([2H])c2[2H])c2c([2H])c([2H])c([2H])c([2H])c2[2H])c([2H])c1[2H].[Pt]. The third-order valence-corrected chi connectivity index (χ3v) is 21.7. The molecule has 10 aromatic carbocycles. The number of para-hydroxylation sites is 2. The minimum atomic E-state index is -5.68. The first-order valence-electron chi connectivity index (χ1n) is 38.8. The van der Waals surface area contributed by atoms with E-state index in [1.807, 2.05) is 47.2 Å². The fraction of sp³-hybridized carbons (Fsp3) is 0.233. The summed E-state index contributed by atoms with van der Waals surface area (Å²) in [5, 5.41) is -0.0256. The van der Waals surface area contributed by atoms with Crippen molar-refractivity contribution in [3.8, 4) is 50.9 Å². The van der Waals surface area contributed by atoms with Crippen LogP contribution in [-0.2, 0) is 48.1 Å². The molecule has 0 unspecified atom stereocenters. The Morgan fingerprint density at radius 1 is 0.441 bits per heavy atom. The van der Waals surface area contributed by atoms with Crippen LogP contribution in [0.5, 0.6) is 11.5 Å². The molecule has 5 nitrogen and oxygen atoms in total. The summed E-state index contributed by atoms with van der Waals surface area (Å²) in [6.45, 7) is 32.7. The van der Waals surface area contributed by atoms with E-state index < -0.39 is 114 Å². The van der Waals surface area contributed by atoms with Crippen molar-refractivity contribution < 1.29 is 50.9 Å². The number of aromatic nitrogens is 4. The Balaban J connectivity index is 0.0000109. The molecule has 0 aliphatic carbocycles. The number of pyridine rings is 1. The van der Waals surface area contributed by atoms with Crippen LogP contribution in [0.15, 0.2) is 236 Å². The molecule has 93 heavy (non-hydrogen) atoms. The second kappa shape index (κ2) is 24.3. The van der Waals surface area contributed by atoms with Crippen molar-refractivity contribution in [3.63, 3.8) is 0 Å². The molecule has 470 valence electrons. The Bertz CT molecular complexity index is 5460. The molecule has 0 saturated heterocycles. The van der Waals surface area contributed by atoms with Crippen molar-refractivity contribution in [2.45, 2.75) is 131 Å². The van der Waals surface area contributed by atoms with Crippen molar-refractivity contribution in [1.82, 2.24) is 14.1 Å². The third-order valence-electron chi connectivity index (χ3n) is 17.5. The second-order valence-electron chi connectivity index (χ2n) is 29.1. The van der Waals surface area contributed by atoms with E-state index in [0.717, 1.165) is 66.4 Å². The van der Waals surface area contributed by atoms with Gasteiger partial charge in [-0.25, -0.2) is 4.98 Å². The van der Waals surface area contributed by atoms with Crippen LogP contribution >= 0.6 is 0 Å². The molecule has 13 rings (SSSR count). The smallest absolute Gasteiger partial charge is 0.268 e. The molecule has 0 bridgehead atoms. The first-order valence-corrected chi connectivity index (χ1v) is 33.3. The van der Waals surface area contributed by atoms with E-state index in [1.165, 1.54) is 0 Å². The number of rotatable bonds is 11. The molecule has 0 atom stereocenters. The average molecular weight is 1430 g/mol. The van der Waals surface area contributed by atoms with Crippen LogP contribution < -0.4 is 30.1 Å². The van der Waals surface area contributed by atoms with E-state index in [2.05, 4.69) is 194 Å². The van der Waals surface area contributed by atoms with Gasteiger partial charge in [-0.05, 0) is 127 Å². The zero-order chi connectivity index (χ0) is 77.8. The number of benzene rings is 10. The first-order chi connectivity index (χ1) is 50.0. The molecule has 7 heteroatoms. The molecule has 0 fully saturated rings. The maximum absolute atomic E-state index is 9.99. The molecular formula is C86H84N4OPtSi-2. The number of hydrogen-bond donors (Lipinski definition) is 0. The zero-order valence-electron chi connectivity index (χ0n) is 70.4. The van der Waals surface area contributed by atoms with E-state index in [0.29, 0.717) is 34.0 Å². The summed E-state index contributed by atoms with van der Waals surface area (Å²) in [5.74, 6) is 1.27. The van der Waals surface area contributed by atoms with Crippen molar-refractivity contribution in [2.24, 2.45) is 0 Å². The number of fused-ring (bicyclic) bond motifs is 4. The molecule has 0 spiro atoms. The molecule has 3 aromatic heterocycles. The van der Waals surface area contributed by atoms with Gasteiger partial charge < -0.3 is 13.9 Å². The van der Waals surface area contributed by atoms with Crippen molar-refractivity contribution in [3.05, 3.63) is 283 Å². The molecule has 13 aromatic rings. The average Bonchev–Trinajstić information content (AvgIpc) is 0.901. The van der Waals surface area contributed by atoms with Crippen LogP contribution in [0.1, 0.15) is 152 Å². The van der Waals surface area contributed by atoms with Gasteiger partial charge in [-0.15, -0.1) is 29.7 Å². The summed E-state index contributed by atoms with van der Waals surface area (Å²) in [6.07, 6.45) is 5.62. The van der Waals surface area contributed by atoms with Gasteiger partial charge in [0, 0.05) is 44.3 Å². The van der Waals surface area contributed by atoms with E-state index in [-0.39, 0.29) is 64.6 Å². The maximum atomic E-state index is 9.99. The number of nitrogens with zero attached hydrogens (tertiary/aromatic N) is 4. The van der Waals surface area contributed by atoms with E-state index in [1.54, 1.807) is 41.0 Å².